The van der Waals surface area contributed by atoms with Crippen molar-refractivity contribution in [3.63, 3.8) is 0 Å². The fourth-order valence-corrected chi connectivity index (χ4v) is 8.85. The summed E-state index contributed by atoms with van der Waals surface area (Å²) in [4.78, 5) is 15.4. The van der Waals surface area contributed by atoms with Gasteiger partial charge in [0.2, 0.25) is 0 Å². The van der Waals surface area contributed by atoms with Gasteiger partial charge < -0.3 is 0 Å². The molecular formula is C52H35N3S. The second kappa shape index (κ2) is 14.3. The Labute approximate surface area is 330 Å². The Morgan fingerprint density at radius 1 is 0.304 bits per heavy atom. The third-order valence-electron chi connectivity index (χ3n) is 10.4. The molecule has 8 aromatic carbocycles. The first kappa shape index (κ1) is 33.6. The summed E-state index contributed by atoms with van der Waals surface area (Å²) in [6.45, 7) is 2.12. The molecule has 0 fully saturated rings. The van der Waals surface area contributed by atoms with Gasteiger partial charge >= 0.3 is 0 Å². The topological polar surface area (TPSA) is 38.7 Å². The Balaban J connectivity index is 1.07. The zero-order valence-electron chi connectivity index (χ0n) is 30.7. The summed E-state index contributed by atoms with van der Waals surface area (Å²) in [6, 6.07) is 68.7. The van der Waals surface area contributed by atoms with Gasteiger partial charge in [-0.15, -0.1) is 11.3 Å². The van der Waals surface area contributed by atoms with Crippen LogP contribution >= 0.6 is 11.3 Å². The van der Waals surface area contributed by atoms with Crippen LogP contribution in [0.25, 0.3) is 98.8 Å². The van der Waals surface area contributed by atoms with E-state index in [0.29, 0.717) is 17.5 Å². The van der Waals surface area contributed by atoms with Gasteiger partial charge in [-0.25, -0.2) is 15.0 Å². The Morgan fingerprint density at radius 3 is 1.36 bits per heavy atom. The molecule has 0 radical (unpaired) electrons. The minimum Gasteiger partial charge on any atom is -0.208 e. The molecule has 3 nitrogen and oxygen atoms in total. The second-order valence-electron chi connectivity index (χ2n) is 14.1. The Hall–Kier alpha value is -7.01. The lowest BCUT2D eigenvalue weighted by Crippen LogP contribution is -2.00. The van der Waals surface area contributed by atoms with E-state index >= 15 is 0 Å². The predicted octanol–water partition coefficient (Wildman–Crippen LogP) is 14.2. The molecule has 2 heterocycles. The van der Waals surface area contributed by atoms with Crippen molar-refractivity contribution >= 4 is 31.5 Å². The summed E-state index contributed by atoms with van der Waals surface area (Å²) in [5.41, 5.74) is 13.7. The van der Waals surface area contributed by atoms with Crippen molar-refractivity contribution < 1.29 is 0 Å². The van der Waals surface area contributed by atoms with Gasteiger partial charge in [-0.2, -0.15) is 0 Å². The summed E-state index contributed by atoms with van der Waals surface area (Å²) < 4.78 is 2.40. The van der Waals surface area contributed by atoms with E-state index < -0.39 is 0 Å². The molecule has 0 saturated carbocycles. The van der Waals surface area contributed by atoms with E-state index in [1.165, 1.54) is 54.4 Å². The molecule has 0 saturated heterocycles. The van der Waals surface area contributed by atoms with Gasteiger partial charge in [-0.1, -0.05) is 181 Å². The maximum Gasteiger partial charge on any atom is 0.165 e. The van der Waals surface area contributed by atoms with Crippen molar-refractivity contribution in [2.24, 2.45) is 0 Å². The Bertz CT molecular complexity index is 3000. The van der Waals surface area contributed by atoms with E-state index in [2.05, 4.69) is 177 Å². The largest absolute Gasteiger partial charge is 0.208 e. The van der Waals surface area contributed by atoms with Gasteiger partial charge in [0.15, 0.2) is 17.5 Å². The van der Waals surface area contributed by atoms with Crippen molar-refractivity contribution in [2.45, 2.75) is 6.92 Å². The van der Waals surface area contributed by atoms with Crippen LogP contribution < -0.4 is 0 Å². The lowest BCUT2D eigenvalue weighted by Gasteiger charge is -2.10. The molecule has 0 atom stereocenters. The minimum absolute atomic E-state index is 0.647. The Kier molecular flexibility index (Phi) is 8.59. The van der Waals surface area contributed by atoms with E-state index in [4.69, 9.17) is 15.0 Å². The average molecular weight is 734 g/mol. The molecule has 264 valence electrons. The van der Waals surface area contributed by atoms with Crippen molar-refractivity contribution in [1.82, 2.24) is 15.0 Å². The Morgan fingerprint density at radius 2 is 0.714 bits per heavy atom. The maximum atomic E-state index is 5.19. The summed E-state index contributed by atoms with van der Waals surface area (Å²) in [7, 11) is 0. The predicted molar refractivity (Wildman–Crippen MR) is 236 cm³/mol. The number of hydrogen-bond donors (Lipinski definition) is 0. The molecule has 0 aliphatic carbocycles. The van der Waals surface area contributed by atoms with Gasteiger partial charge in [0.25, 0.3) is 0 Å². The molecule has 56 heavy (non-hydrogen) atoms. The second-order valence-corrected chi connectivity index (χ2v) is 15.1. The van der Waals surface area contributed by atoms with Gasteiger partial charge in [0.05, 0.1) is 0 Å². The zero-order valence-corrected chi connectivity index (χ0v) is 31.5. The minimum atomic E-state index is 0.647. The van der Waals surface area contributed by atoms with E-state index in [1.54, 1.807) is 0 Å². The van der Waals surface area contributed by atoms with E-state index in [-0.39, 0.29) is 0 Å². The van der Waals surface area contributed by atoms with Crippen LogP contribution in [-0.4, -0.2) is 15.0 Å². The fraction of sp³-hybridized carbons (Fsp3) is 0.0192. The third kappa shape index (κ3) is 6.36. The van der Waals surface area contributed by atoms with Crippen LogP contribution in [0.5, 0.6) is 0 Å². The van der Waals surface area contributed by atoms with Crippen molar-refractivity contribution in [1.29, 1.82) is 0 Å². The smallest absolute Gasteiger partial charge is 0.165 e. The van der Waals surface area contributed by atoms with Gasteiger partial charge in [0.1, 0.15) is 0 Å². The molecule has 0 aliphatic rings. The van der Waals surface area contributed by atoms with Crippen LogP contribution in [-0.2, 0) is 0 Å². The third-order valence-corrected chi connectivity index (χ3v) is 11.7. The molecule has 0 unspecified atom stereocenters. The van der Waals surface area contributed by atoms with E-state index in [1.807, 2.05) is 35.6 Å². The quantitative estimate of drug-likeness (QED) is 0.164. The number of rotatable bonds is 7. The molecule has 0 amide bonds. The zero-order chi connectivity index (χ0) is 37.4. The summed E-state index contributed by atoms with van der Waals surface area (Å²) >= 11 is 1.81. The highest BCUT2D eigenvalue weighted by atomic mass is 32.1. The van der Waals surface area contributed by atoms with Crippen molar-refractivity contribution in [3.05, 3.63) is 200 Å². The lowest BCUT2D eigenvalue weighted by molar-refractivity contribution is 1.08. The van der Waals surface area contributed by atoms with Crippen LogP contribution in [0.4, 0.5) is 0 Å². The highest BCUT2D eigenvalue weighted by Gasteiger charge is 2.18. The van der Waals surface area contributed by atoms with Gasteiger partial charge in [0, 0.05) is 36.9 Å². The number of benzene rings is 8. The summed E-state index contributed by atoms with van der Waals surface area (Å²) in [5.74, 6) is 1.96. The standard InChI is InChI=1S/C52H35N3S/c1-34-24-26-36(27-25-34)37-28-30-38(31-29-37)40-16-8-18-42(32-40)44-20-10-21-45-46-22-11-23-47(49(46)56-48(44)45)52-54-50(39-14-6-3-7-15-39)53-51(55-52)43-19-9-17-41(33-43)35-12-4-2-5-13-35/h2-33H,1H3. The number of nitrogens with zero attached hydrogens (tertiary/aromatic N) is 3. The number of hydrogen-bond acceptors (Lipinski definition) is 4. The molecule has 4 heteroatoms. The summed E-state index contributed by atoms with van der Waals surface area (Å²) in [6.07, 6.45) is 0. The van der Waals surface area contributed by atoms with Crippen LogP contribution in [0.1, 0.15) is 5.56 Å². The van der Waals surface area contributed by atoms with Crippen LogP contribution in [0.3, 0.4) is 0 Å². The number of thiophene rings is 1. The first-order valence-electron chi connectivity index (χ1n) is 18.8. The van der Waals surface area contributed by atoms with Crippen molar-refractivity contribution in [2.75, 3.05) is 0 Å². The molecule has 0 spiro atoms. The highest BCUT2D eigenvalue weighted by Crippen LogP contribution is 2.44. The fourth-order valence-electron chi connectivity index (χ4n) is 7.50. The SMILES string of the molecule is Cc1ccc(-c2ccc(-c3cccc(-c4cccc5c4sc4c(-c6nc(-c7ccccc7)nc(-c7cccc(-c8ccccc8)c7)n6)cccc45)c3)cc2)cc1. The van der Waals surface area contributed by atoms with Crippen LogP contribution in [0, 0.1) is 6.92 Å². The first-order valence-corrected chi connectivity index (χ1v) is 19.7. The molecule has 10 aromatic rings. The lowest BCUT2D eigenvalue weighted by atomic mass is 9.96. The molecule has 0 N–H and O–H groups in total. The van der Waals surface area contributed by atoms with Crippen molar-refractivity contribution in [3.8, 4) is 78.7 Å². The van der Waals surface area contributed by atoms with Crippen LogP contribution in [0.15, 0.2) is 194 Å². The molecule has 10 rings (SSSR count). The number of aromatic nitrogens is 3. The van der Waals surface area contributed by atoms with Gasteiger partial charge in [-0.3, -0.25) is 0 Å². The normalized spacial score (nSPS) is 11.3. The number of fused-ring (bicyclic) bond motifs is 3. The van der Waals surface area contributed by atoms with Gasteiger partial charge in [-0.05, 0) is 69.6 Å². The molecule has 0 aliphatic heterocycles. The van der Waals surface area contributed by atoms with E-state index in [0.717, 1.165) is 32.5 Å². The molecule has 0 bridgehead atoms. The monoisotopic (exact) mass is 733 g/mol. The highest BCUT2D eigenvalue weighted by molar-refractivity contribution is 7.26. The average Bonchev–Trinajstić information content (AvgIpc) is 3.67. The van der Waals surface area contributed by atoms with Crippen LogP contribution in [0.2, 0.25) is 0 Å². The molecular weight excluding hydrogens is 699 g/mol. The van der Waals surface area contributed by atoms with E-state index in [9.17, 15) is 0 Å². The maximum absolute atomic E-state index is 5.19. The first-order chi connectivity index (χ1) is 27.6. The summed E-state index contributed by atoms with van der Waals surface area (Å²) in [5, 5.41) is 2.42. The number of aryl methyl sites for hydroxylation is 1. The molecule has 2 aromatic heterocycles.